The third-order valence-electron chi connectivity index (χ3n) is 5.55. The Hall–Kier alpha value is -3.78. The topological polar surface area (TPSA) is 78.3 Å². The number of para-hydroxylation sites is 2. The second kappa shape index (κ2) is 11.6. The van der Waals surface area contributed by atoms with Crippen LogP contribution in [0.1, 0.15) is 12.5 Å². The van der Waals surface area contributed by atoms with Gasteiger partial charge in [0.25, 0.3) is 0 Å². The van der Waals surface area contributed by atoms with Gasteiger partial charge in [0.2, 0.25) is 5.91 Å². The fourth-order valence-corrected chi connectivity index (χ4v) is 4.49. The lowest BCUT2D eigenvalue weighted by atomic mass is 10.1. The highest BCUT2D eigenvalue weighted by Crippen LogP contribution is 2.30. The van der Waals surface area contributed by atoms with Crippen molar-refractivity contribution in [3.05, 3.63) is 84.4 Å². The van der Waals surface area contributed by atoms with Crippen LogP contribution in [0, 0.1) is 0 Å². The summed E-state index contributed by atoms with van der Waals surface area (Å²) in [5.74, 6) is 2.01. The van der Waals surface area contributed by atoms with Crippen LogP contribution in [0.4, 0.5) is 5.69 Å². The molecular weight excluding hydrogens is 460 g/mol. The van der Waals surface area contributed by atoms with Gasteiger partial charge in [-0.1, -0.05) is 54.2 Å². The number of amides is 1. The van der Waals surface area contributed by atoms with Gasteiger partial charge in [0.15, 0.2) is 11.0 Å². The molecule has 0 spiro atoms. The molecule has 0 aliphatic carbocycles. The third-order valence-corrected chi connectivity index (χ3v) is 6.63. The zero-order chi connectivity index (χ0) is 24.6. The molecule has 0 aliphatic heterocycles. The molecule has 1 atom stereocenters. The third kappa shape index (κ3) is 6.02. The standard InChI is InChI=1S/C27H28N4O3S/c1-19(26(32)28-23-11-7-8-12-24(23)34-3)35-27-30-29-25(21-13-15-22(33-2)16-14-21)31(27)18-17-20-9-5-4-6-10-20/h4-16,19H,17-18H2,1-3H3,(H,28,32). The molecule has 0 fully saturated rings. The highest BCUT2D eigenvalue weighted by Gasteiger charge is 2.22. The van der Waals surface area contributed by atoms with E-state index in [4.69, 9.17) is 9.47 Å². The zero-order valence-corrected chi connectivity index (χ0v) is 20.8. The first-order chi connectivity index (χ1) is 17.1. The molecular formula is C27H28N4O3S. The second-order valence-electron chi connectivity index (χ2n) is 7.87. The summed E-state index contributed by atoms with van der Waals surface area (Å²) in [5, 5.41) is 12.2. The molecule has 35 heavy (non-hydrogen) atoms. The van der Waals surface area contributed by atoms with E-state index < -0.39 is 5.25 Å². The average Bonchev–Trinajstić information content (AvgIpc) is 3.30. The number of hydrogen-bond donors (Lipinski definition) is 1. The molecule has 0 bridgehead atoms. The Bertz CT molecular complexity index is 1260. The van der Waals surface area contributed by atoms with E-state index in [9.17, 15) is 4.79 Å². The van der Waals surface area contributed by atoms with Crippen LogP contribution in [0.5, 0.6) is 11.5 Å². The van der Waals surface area contributed by atoms with Crippen molar-refractivity contribution in [2.75, 3.05) is 19.5 Å². The first-order valence-electron chi connectivity index (χ1n) is 11.3. The Morgan fingerprint density at radius 3 is 2.37 bits per heavy atom. The van der Waals surface area contributed by atoms with Gasteiger partial charge in [-0.2, -0.15) is 0 Å². The highest BCUT2D eigenvalue weighted by atomic mass is 32.2. The van der Waals surface area contributed by atoms with Gasteiger partial charge in [-0.15, -0.1) is 10.2 Å². The van der Waals surface area contributed by atoms with Crippen LogP contribution < -0.4 is 14.8 Å². The van der Waals surface area contributed by atoms with Gasteiger partial charge >= 0.3 is 0 Å². The molecule has 1 aromatic heterocycles. The van der Waals surface area contributed by atoms with Gasteiger partial charge in [0.1, 0.15) is 11.5 Å². The van der Waals surface area contributed by atoms with E-state index >= 15 is 0 Å². The maximum absolute atomic E-state index is 13.0. The smallest absolute Gasteiger partial charge is 0.237 e. The van der Waals surface area contributed by atoms with E-state index in [-0.39, 0.29) is 5.91 Å². The van der Waals surface area contributed by atoms with Gasteiger partial charge in [0.05, 0.1) is 25.2 Å². The van der Waals surface area contributed by atoms with Crippen LogP contribution in [0.25, 0.3) is 11.4 Å². The molecule has 3 aromatic carbocycles. The lowest BCUT2D eigenvalue weighted by molar-refractivity contribution is -0.115. The Morgan fingerprint density at radius 1 is 0.943 bits per heavy atom. The summed E-state index contributed by atoms with van der Waals surface area (Å²) in [4.78, 5) is 13.0. The summed E-state index contributed by atoms with van der Waals surface area (Å²) in [5.41, 5.74) is 2.79. The molecule has 7 nitrogen and oxygen atoms in total. The fraction of sp³-hybridized carbons (Fsp3) is 0.222. The molecule has 1 N–H and O–H groups in total. The number of rotatable bonds is 10. The molecule has 0 aliphatic rings. The Kier molecular flexibility index (Phi) is 8.05. The molecule has 0 radical (unpaired) electrons. The summed E-state index contributed by atoms with van der Waals surface area (Å²) in [7, 11) is 3.22. The Balaban J connectivity index is 1.56. The minimum Gasteiger partial charge on any atom is -0.497 e. The minimum absolute atomic E-state index is 0.136. The maximum atomic E-state index is 13.0. The van der Waals surface area contributed by atoms with Gasteiger partial charge in [-0.25, -0.2) is 0 Å². The first kappa shape index (κ1) is 24.3. The van der Waals surface area contributed by atoms with E-state index in [2.05, 4.69) is 32.2 Å². The molecule has 1 unspecified atom stereocenters. The molecule has 8 heteroatoms. The summed E-state index contributed by atoms with van der Waals surface area (Å²) in [6, 6.07) is 25.4. The number of carbonyl (C=O) groups is 1. The molecule has 0 saturated heterocycles. The number of ether oxygens (including phenoxy) is 2. The van der Waals surface area contributed by atoms with Crippen LogP contribution in [0.3, 0.4) is 0 Å². The highest BCUT2D eigenvalue weighted by molar-refractivity contribution is 8.00. The van der Waals surface area contributed by atoms with Crippen LogP contribution >= 0.6 is 11.8 Å². The largest absolute Gasteiger partial charge is 0.497 e. The number of methoxy groups -OCH3 is 2. The molecule has 0 saturated carbocycles. The van der Waals surface area contributed by atoms with Crippen molar-refractivity contribution in [1.29, 1.82) is 0 Å². The monoisotopic (exact) mass is 488 g/mol. The predicted molar refractivity (Wildman–Crippen MR) is 139 cm³/mol. The summed E-state index contributed by atoms with van der Waals surface area (Å²) < 4.78 is 12.7. The normalized spacial score (nSPS) is 11.6. The quantitative estimate of drug-likeness (QED) is 0.304. The van der Waals surface area contributed by atoms with Crippen molar-refractivity contribution in [2.45, 2.75) is 30.3 Å². The summed E-state index contributed by atoms with van der Waals surface area (Å²) in [6.07, 6.45) is 0.817. The molecule has 4 aromatic rings. The molecule has 4 rings (SSSR count). The number of carbonyl (C=O) groups excluding carboxylic acids is 1. The molecule has 1 amide bonds. The number of hydrogen-bond acceptors (Lipinski definition) is 6. The van der Waals surface area contributed by atoms with Crippen molar-refractivity contribution >= 4 is 23.4 Å². The van der Waals surface area contributed by atoms with E-state index in [1.807, 2.05) is 73.7 Å². The number of aromatic nitrogens is 3. The van der Waals surface area contributed by atoms with E-state index in [1.54, 1.807) is 14.2 Å². The van der Waals surface area contributed by atoms with Gasteiger partial charge in [-0.3, -0.25) is 4.79 Å². The lowest BCUT2D eigenvalue weighted by Gasteiger charge is -2.15. The number of nitrogens with one attached hydrogen (secondary N) is 1. The number of anilines is 1. The van der Waals surface area contributed by atoms with Gasteiger partial charge < -0.3 is 19.4 Å². The first-order valence-corrected chi connectivity index (χ1v) is 12.2. The predicted octanol–water partition coefficient (Wildman–Crippen LogP) is 5.32. The summed E-state index contributed by atoms with van der Waals surface area (Å²) in [6.45, 7) is 2.54. The van der Waals surface area contributed by atoms with E-state index in [0.717, 1.165) is 23.6 Å². The number of thioether (sulfide) groups is 1. The molecule has 1 heterocycles. The minimum atomic E-state index is -0.400. The summed E-state index contributed by atoms with van der Waals surface area (Å²) >= 11 is 1.38. The number of nitrogens with zero attached hydrogens (tertiary/aromatic N) is 3. The van der Waals surface area contributed by atoms with Crippen molar-refractivity contribution in [3.63, 3.8) is 0 Å². The number of benzene rings is 3. The van der Waals surface area contributed by atoms with Crippen molar-refractivity contribution < 1.29 is 14.3 Å². The van der Waals surface area contributed by atoms with Crippen LogP contribution in [-0.4, -0.2) is 40.1 Å². The fourth-order valence-electron chi connectivity index (χ4n) is 3.61. The Morgan fingerprint density at radius 2 is 1.66 bits per heavy atom. The van der Waals surface area contributed by atoms with Crippen LogP contribution in [0.15, 0.2) is 84.0 Å². The maximum Gasteiger partial charge on any atom is 0.237 e. The average molecular weight is 489 g/mol. The second-order valence-corrected chi connectivity index (χ2v) is 9.18. The van der Waals surface area contributed by atoms with Crippen molar-refractivity contribution in [3.8, 4) is 22.9 Å². The van der Waals surface area contributed by atoms with Gasteiger partial charge in [-0.05, 0) is 55.3 Å². The van der Waals surface area contributed by atoms with Crippen LogP contribution in [-0.2, 0) is 17.8 Å². The number of aryl methyl sites for hydroxylation is 1. The zero-order valence-electron chi connectivity index (χ0n) is 20.0. The Labute approximate surface area is 209 Å². The SMILES string of the molecule is COc1ccc(-c2nnc(SC(C)C(=O)Nc3ccccc3OC)n2CCc2ccccc2)cc1. The van der Waals surface area contributed by atoms with E-state index in [1.165, 1.54) is 17.3 Å². The van der Waals surface area contributed by atoms with Crippen molar-refractivity contribution in [2.24, 2.45) is 0 Å². The van der Waals surface area contributed by atoms with Gasteiger partial charge in [0, 0.05) is 12.1 Å². The van der Waals surface area contributed by atoms with Crippen LogP contribution in [0.2, 0.25) is 0 Å². The van der Waals surface area contributed by atoms with Crippen molar-refractivity contribution in [1.82, 2.24) is 14.8 Å². The van der Waals surface area contributed by atoms with E-state index in [0.29, 0.717) is 23.1 Å². The lowest BCUT2D eigenvalue weighted by Crippen LogP contribution is -2.23. The molecule has 180 valence electrons.